The van der Waals surface area contributed by atoms with Crippen molar-refractivity contribution in [2.75, 3.05) is 6.61 Å². The summed E-state index contributed by atoms with van der Waals surface area (Å²) in [4.78, 5) is 14.2. The summed E-state index contributed by atoms with van der Waals surface area (Å²) >= 11 is 0. The molecule has 1 heterocycles. The van der Waals surface area contributed by atoms with Crippen LogP contribution in [0, 0.1) is 34.9 Å². The third-order valence-corrected chi connectivity index (χ3v) is 6.11. The quantitative estimate of drug-likeness (QED) is 0.793. The Morgan fingerprint density at radius 3 is 2.53 bits per heavy atom. The number of carbonyl (C=O) groups is 1. The fraction of sp³-hybridized carbons (Fsp3) is 0.360. The highest BCUT2D eigenvalue weighted by Crippen LogP contribution is 2.41. The van der Waals surface area contributed by atoms with E-state index in [9.17, 15) is 19.6 Å². The fourth-order valence-corrected chi connectivity index (χ4v) is 4.50. The number of aliphatic hydroxyl groups is 1. The topological polar surface area (TPSA) is 64.3 Å². The summed E-state index contributed by atoms with van der Waals surface area (Å²) < 4.78 is 13.5. The Hall–Kier alpha value is -3.15. The van der Waals surface area contributed by atoms with Gasteiger partial charge >= 0.3 is 0 Å². The number of amides is 1. The molecule has 0 unspecified atom stereocenters. The van der Waals surface area contributed by atoms with E-state index in [0.717, 1.165) is 17.2 Å². The van der Waals surface area contributed by atoms with Crippen LogP contribution in [0.15, 0.2) is 48.5 Å². The Bertz CT molecular complexity index is 1030. The number of hydrogen-bond acceptors (Lipinski definition) is 3. The van der Waals surface area contributed by atoms with Gasteiger partial charge in [0, 0.05) is 23.0 Å². The molecule has 2 aromatic carbocycles. The van der Waals surface area contributed by atoms with Crippen LogP contribution in [-0.2, 0) is 0 Å². The van der Waals surface area contributed by atoms with Crippen molar-refractivity contribution >= 4 is 5.91 Å². The van der Waals surface area contributed by atoms with Crippen molar-refractivity contribution in [3.05, 3.63) is 71.0 Å². The van der Waals surface area contributed by atoms with E-state index in [0.29, 0.717) is 5.92 Å². The number of rotatable bonds is 3. The summed E-state index contributed by atoms with van der Waals surface area (Å²) in [5, 5.41) is 19.6. The van der Waals surface area contributed by atoms with Crippen LogP contribution in [0.5, 0.6) is 0 Å². The number of carbonyl (C=O) groups excluding carboxylic acids is 1. The second-order valence-corrected chi connectivity index (χ2v) is 7.95. The average molecular weight is 402 g/mol. The highest BCUT2D eigenvalue weighted by atomic mass is 19.1. The van der Waals surface area contributed by atoms with Gasteiger partial charge in [-0.05, 0) is 48.7 Å². The van der Waals surface area contributed by atoms with Crippen LogP contribution in [0.1, 0.15) is 53.1 Å². The minimum atomic E-state index is -0.714. The van der Waals surface area contributed by atoms with Crippen LogP contribution in [0.2, 0.25) is 0 Å². The highest BCUT2D eigenvalue weighted by molar-refractivity contribution is 5.95. The molecule has 1 aliphatic carbocycles. The Morgan fingerprint density at radius 2 is 1.90 bits per heavy atom. The van der Waals surface area contributed by atoms with Crippen LogP contribution in [0.25, 0.3) is 0 Å². The molecule has 0 radical (unpaired) electrons. The first kappa shape index (κ1) is 20.1. The first-order valence-corrected chi connectivity index (χ1v) is 10.3. The molecule has 152 valence electrons. The molecule has 4 rings (SSSR count). The van der Waals surface area contributed by atoms with E-state index in [2.05, 4.69) is 17.9 Å². The Kier molecular flexibility index (Phi) is 5.84. The molecule has 1 saturated carbocycles. The molecule has 30 heavy (non-hydrogen) atoms. The first-order chi connectivity index (χ1) is 14.6. The second kappa shape index (κ2) is 8.69. The van der Waals surface area contributed by atoms with Gasteiger partial charge in [0.25, 0.3) is 5.91 Å². The van der Waals surface area contributed by atoms with Gasteiger partial charge in [0.1, 0.15) is 11.9 Å². The number of nitrogens with zero attached hydrogens (tertiary/aromatic N) is 2. The summed E-state index contributed by atoms with van der Waals surface area (Å²) in [6, 6.07) is 14.0. The van der Waals surface area contributed by atoms with Gasteiger partial charge in [0.05, 0.1) is 18.7 Å². The molecule has 4 nitrogen and oxygen atoms in total. The summed E-state index contributed by atoms with van der Waals surface area (Å²) in [7, 11) is 0. The molecule has 0 aromatic heterocycles. The molecule has 1 N–H and O–H groups in total. The zero-order valence-electron chi connectivity index (χ0n) is 16.6. The molecule has 0 spiro atoms. The largest absolute Gasteiger partial charge is 0.394 e. The molecule has 2 aliphatic rings. The van der Waals surface area contributed by atoms with E-state index < -0.39 is 23.8 Å². The van der Waals surface area contributed by atoms with E-state index in [1.165, 1.54) is 48.8 Å². The number of aliphatic hydroxyl groups excluding tert-OH is 1. The number of halogens is 1. The second-order valence-electron chi connectivity index (χ2n) is 7.95. The predicted octanol–water partition coefficient (Wildman–Crippen LogP) is 3.86. The van der Waals surface area contributed by atoms with Gasteiger partial charge in [0.2, 0.25) is 0 Å². The van der Waals surface area contributed by atoms with Gasteiger partial charge < -0.3 is 10.0 Å². The van der Waals surface area contributed by atoms with E-state index in [1.54, 1.807) is 0 Å². The van der Waals surface area contributed by atoms with Crippen molar-refractivity contribution in [1.82, 2.24) is 4.90 Å². The molecule has 3 atom stereocenters. The summed E-state index contributed by atoms with van der Waals surface area (Å²) in [6.45, 7) is -0.271. The Balaban J connectivity index is 1.52. The maximum absolute atomic E-state index is 13.5. The van der Waals surface area contributed by atoms with Crippen molar-refractivity contribution < 1.29 is 14.3 Å². The third kappa shape index (κ3) is 3.82. The van der Waals surface area contributed by atoms with E-state index in [1.807, 2.05) is 24.3 Å². The summed E-state index contributed by atoms with van der Waals surface area (Å²) in [5.41, 5.74) is 1.98. The molecule has 2 aromatic rings. The standard InChI is InChI=1S/C25H23FN2O2/c26-21-7-3-6-20(14-21)25(30)28-22(15-27)24(23(28)16-29)19-12-10-18(11-13-19)9-8-17-4-1-2-5-17/h3,6-7,10-14,17,22-24,29H,1-2,4-5,16H2/t22-,23-,24-/m0/s1. The monoisotopic (exact) mass is 402 g/mol. The lowest BCUT2D eigenvalue weighted by Crippen LogP contribution is -2.65. The molecule has 5 heteroatoms. The van der Waals surface area contributed by atoms with Crippen LogP contribution in [0.4, 0.5) is 4.39 Å². The Morgan fingerprint density at radius 1 is 1.17 bits per heavy atom. The minimum Gasteiger partial charge on any atom is -0.394 e. The van der Waals surface area contributed by atoms with Gasteiger partial charge in [-0.3, -0.25) is 4.79 Å². The molecular weight excluding hydrogens is 379 g/mol. The SMILES string of the molecule is N#C[C@H]1[C@H](c2ccc(C#CC3CCCC3)cc2)[C@H](CO)N1C(=O)c1cccc(F)c1. The zero-order chi connectivity index (χ0) is 21.1. The van der Waals surface area contributed by atoms with Crippen molar-refractivity contribution in [2.24, 2.45) is 5.92 Å². The van der Waals surface area contributed by atoms with Gasteiger partial charge in [-0.1, -0.05) is 42.9 Å². The number of likely N-dealkylation sites (tertiary alicyclic amines) is 1. The molecule has 2 fully saturated rings. The Labute approximate surface area is 175 Å². The van der Waals surface area contributed by atoms with Crippen molar-refractivity contribution in [1.29, 1.82) is 5.26 Å². The molecule has 1 amide bonds. The average Bonchev–Trinajstić information content (AvgIpc) is 3.27. The van der Waals surface area contributed by atoms with Crippen molar-refractivity contribution in [3.8, 4) is 17.9 Å². The molecule has 1 saturated heterocycles. The number of hydrogen-bond donors (Lipinski definition) is 1. The molecular formula is C25H23FN2O2. The normalized spacial score (nSPS) is 23.2. The summed E-state index contributed by atoms with van der Waals surface area (Å²) in [5.74, 6) is 5.79. The van der Waals surface area contributed by atoms with Crippen molar-refractivity contribution in [3.63, 3.8) is 0 Å². The first-order valence-electron chi connectivity index (χ1n) is 10.3. The van der Waals surface area contributed by atoms with E-state index in [4.69, 9.17) is 0 Å². The van der Waals surface area contributed by atoms with Gasteiger partial charge in [-0.2, -0.15) is 5.26 Å². The smallest absolute Gasteiger partial charge is 0.255 e. The molecule has 1 aliphatic heterocycles. The zero-order valence-corrected chi connectivity index (χ0v) is 16.6. The lowest BCUT2D eigenvalue weighted by Gasteiger charge is -2.51. The minimum absolute atomic E-state index is 0.171. The van der Waals surface area contributed by atoms with Crippen LogP contribution in [0.3, 0.4) is 0 Å². The molecule has 0 bridgehead atoms. The summed E-state index contributed by atoms with van der Waals surface area (Å²) in [6.07, 6.45) is 4.85. The van der Waals surface area contributed by atoms with Gasteiger partial charge in [-0.15, -0.1) is 0 Å². The van der Waals surface area contributed by atoms with E-state index in [-0.39, 0.29) is 18.1 Å². The van der Waals surface area contributed by atoms with Gasteiger partial charge in [0.15, 0.2) is 0 Å². The lowest BCUT2D eigenvalue weighted by molar-refractivity contribution is -0.00588. The predicted molar refractivity (Wildman–Crippen MR) is 111 cm³/mol. The lowest BCUT2D eigenvalue weighted by atomic mass is 9.75. The van der Waals surface area contributed by atoms with Crippen molar-refractivity contribution in [2.45, 2.75) is 43.7 Å². The third-order valence-electron chi connectivity index (χ3n) is 6.11. The highest BCUT2D eigenvalue weighted by Gasteiger charge is 2.51. The van der Waals surface area contributed by atoms with Crippen LogP contribution < -0.4 is 0 Å². The van der Waals surface area contributed by atoms with Crippen LogP contribution >= 0.6 is 0 Å². The number of nitriles is 1. The maximum Gasteiger partial charge on any atom is 0.255 e. The number of benzene rings is 2. The van der Waals surface area contributed by atoms with Gasteiger partial charge in [-0.25, -0.2) is 4.39 Å². The van der Waals surface area contributed by atoms with E-state index >= 15 is 0 Å². The maximum atomic E-state index is 13.5. The van der Waals surface area contributed by atoms with Crippen LogP contribution in [-0.4, -0.2) is 34.6 Å². The fourth-order valence-electron chi connectivity index (χ4n) is 4.50.